The maximum atomic E-state index is 12.4. The summed E-state index contributed by atoms with van der Waals surface area (Å²) in [7, 11) is 0. The van der Waals surface area contributed by atoms with Gasteiger partial charge in [-0.15, -0.1) is 11.3 Å². The largest absolute Gasteiger partial charge is 0.482 e. The lowest BCUT2D eigenvalue weighted by molar-refractivity contribution is -0.145. The highest BCUT2D eigenvalue weighted by Crippen LogP contribution is 2.41. The van der Waals surface area contributed by atoms with Gasteiger partial charge in [0.1, 0.15) is 10.8 Å². The molecule has 0 aliphatic carbocycles. The van der Waals surface area contributed by atoms with Crippen LogP contribution in [-0.4, -0.2) is 41.6 Å². The van der Waals surface area contributed by atoms with Gasteiger partial charge >= 0.3 is 5.97 Å². The molecule has 0 bridgehead atoms. The van der Waals surface area contributed by atoms with Crippen LogP contribution in [0.4, 0.5) is 0 Å². The zero-order valence-corrected chi connectivity index (χ0v) is 28.5. The number of pyridine rings is 1. The number of nitrogens with zero attached hydrogens (tertiary/aromatic N) is 2. The van der Waals surface area contributed by atoms with Crippen LogP contribution < -0.4 is 10.1 Å². The van der Waals surface area contributed by atoms with Gasteiger partial charge in [0.25, 0.3) is 0 Å². The number of hydrogen-bond donors (Lipinski definition) is 1. The lowest BCUT2D eigenvalue weighted by Gasteiger charge is -2.07. The number of carbonyl (C=O) groups excluding carboxylic acids is 2. The van der Waals surface area contributed by atoms with Gasteiger partial charge in [0.05, 0.1) is 17.2 Å². The molecule has 0 saturated heterocycles. The highest BCUT2D eigenvalue weighted by atomic mass is 32.1. The van der Waals surface area contributed by atoms with Crippen LogP contribution in [0, 0.1) is 0 Å². The van der Waals surface area contributed by atoms with E-state index in [1.807, 2.05) is 60.8 Å². The third-order valence-electron chi connectivity index (χ3n) is 7.76. The molecule has 0 spiro atoms. The summed E-state index contributed by atoms with van der Waals surface area (Å²) in [6.07, 6.45) is 19.8. The molecule has 4 rings (SSSR count). The normalized spacial score (nSPS) is 11.1. The van der Waals surface area contributed by atoms with Gasteiger partial charge in [-0.3, -0.25) is 9.78 Å². The number of hydrogen-bond acceptors (Lipinski definition) is 7. The van der Waals surface area contributed by atoms with Crippen molar-refractivity contribution in [1.82, 2.24) is 15.3 Å². The third kappa shape index (κ3) is 12.1. The van der Waals surface area contributed by atoms with Gasteiger partial charge in [-0.05, 0) is 66.9 Å². The van der Waals surface area contributed by atoms with Crippen molar-refractivity contribution in [3.05, 3.63) is 84.7 Å². The van der Waals surface area contributed by atoms with Crippen molar-refractivity contribution in [1.29, 1.82) is 0 Å². The molecule has 1 N–H and O–H groups in total. The zero-order chi connectivity index (χ0) is 33.1. The standard InChI is InChI=1S/C39H47N3O4S/c1-3-5-6-7-8-9-10-11-12-13-27-41-35(43)25-18-30-16-19-32(20-17-30)38-37(42-39(47-38)33-15-14-26-40-28-33)31-21-23-34(24-22-31)46-29-36(44)45-4-2/h14-26,28H,3-13,27,29H2,1-2H3,(H,41,43). The first-order chi connectivity index (χ1) is 23.1. The molecule has 0 fully saturated rings. The van der Waals surface area contributed by atoms with E-state index in [-0.39, 0.29) is 12.5 Å². The predicted molar refractivity (Wildman–Crippen MR) is 192 cm³/mol. The number of rotatable bonds is 20. The Labute approximate surface area is 283 Å². The number of thiazole rings is 1. The quantitative estimate of drug-likeness (QED) is 0.0580. The van der Waals surface area contributed by atoms with Gasteiger partial charge in [0.15, 0.2) is 6.61 Å². The van der Waals surface area contributed by atoms with Crippen LogP contribution in [0.3, 0.4) is 0 Å². The van der Waals surface area contributed by atoms with E-state index in [2.05, 4.69) is 29.4 Å². The first-order valence-corrected chi connectivity index (χ1v) is 17.8. The molecule has 0 unspecified atom stereocenters. The second-order valence-corrected chi connectivity index (χ2v) is 12.5. The Hall–Kier alpha value is -4.30. The number of amides is 1. The van der Waals surface area contributed by atoms with Gasteiger partial charge in [0, 0.05) is 36.1 Å². The van der Waals surface area contributed by atoms with E-state index in [1.54, 1.807) is 30.5 Å². The molecule has 248 valence electrons. The number of benzene rings is 2. The second-order valence-electron chi connectivity index (χ2n) is 11.5. The lowest BCUT2D eigenvalue weighted by atomic mass is 10.0. The summed E-state index contributed by atoms with van der Waals surface area (Å²) in [5.41, 5.74) is 4.70. The number of unbranched alkanes of at least 4 members (excludes halogenated alkanes) is 9. The molecule has 2 aromatic carbocycles. The first kappa shape index (κ1) is 35.6. The minimum Gasteiger partial charge on any atom is -0.482 e. The second kappa shape index (κ2) is 20.0. The summed E-state index contributed by atoms with van der Waals surface area (Å²) in [6.45, 7) is 4.91. The Kier molecular flexibility index (Phi) is 15.2. The van der Waals surface area contributed by atoms with Gasteiger partial charge in [-0.2, -0.15) is 0 Å². The molecule has 0 radical (unpaired) electrons. The minimum atomic E-state index is -0.400. The van der Waals surface area contributed by atoms with Crippen molar-refractivity contribution in [3.8, 4) is 38.0 Å². The molecule has 7 nitrogen and oxygen atoms in total. The van der Waals surface area contributed by atoms with Crippen LogP contribution in [0.2, 0.25) is 0 Å². The van der Waals surface area contributed by atoms with Crippen LogP contribution in [-0.2, 0) is 14.3 Å². The molecule has 1 amide bonds. The Balaban J connectivity index is 1.34. The summed E-state index contributed by atoms with van der Waals surface area (Å²) in [4.78, 5) is 34.4. The van der Waals surface area contributed by atoms with Crippen molar-refractivity contribution in [2.24, 2.45) is 0 Å². The number of carbonyl (C=O) groups is 2. The summed E-state index contributed by atoms with van der Waals surface area (Å²) >= 11 is 1.60. The van der Waals surface area contributed by atoms with E-state index < -0.39 is 5.97 Å². The smallest absolute Gasteiger partial charge is 0.344 e. The van der Waals surface area contributed by atoms with E-state index in [0.29, 0.717) is 18.9 Å². The fourth-order valence-corrected chi connectivity index (χ4v) is 6.26. The molecule has 4 aromatic rings. The molecule has 8 heteroatoms. The summed E-state index contributed by atoms with van der Waals surface area (Å²) in [6, 6.07) is 19.6. The number of ether oxygens (including phenoxy) is 2. The topological polar surface area (TPSA) is 90.4 Å². The van der Waals surface area contributed by atoms with Crippen LogP contribution in [0.25, 0.3) is 38.3 Å². The van der Waals surface area contributed by atoms with Crippen molar-refractivity contribution in [2.45, 2.75) is 78.1 Å². The Bertz CT molecular complexity index is 1530. The minimum absolute atomic E-state index is 0.0643. The Morgan fingerprint density at radius 1 is 0.809 bits per heavy atom. The summed E-state index contributed by atoms with van der Waals surface area (Å²) < 4.78 is 10.5. The lowest BCUT2D eigenvalue weighted by Crippen LogP contribution is -2.21. The molecule has 0 atom stereocenters. The summed E-state index contributed by atoms with van der Waals surface area (Å²) in [5.74, 6) is 0.114. The fraction of sp³-hybridized carbons (Fsp3) is 0.385. The number of nitrogens with one attached hydrogen (secondary N) is 1. The monoisotopic (exact) mass is 653 g/mol. The van der Waals surface area contributed by atoms with Crippen molar-refractivity contribution >= 4 is 29.3 Å². The van der Waals surface area contributed by atoms with Crippen LogP contribution >= 0.6 is 11.3 Å². The highest BCUT2D eigenvalue weighted by Gasteiger charge is 2.17. The maximum Gasteiger partial charge on any atom is 0.344 e. The first-order valence-electron chi connectivity index (χ1n) is 16.9. The van der Waals surface area contributed by atoms with Gasteiger partial charge < -0.3 is 14.8 Å². The third-order valence-corrected chi connectivity index (χ3v) is 8.91. The van der Waals surface area contributed by atoms with Gasteiger partial charge in [-0.25, -0.2) is 9.78 Å². The van der Waals surface area contributed by atoms with Crippen molar-refractivity contribution < 1.29 is 19.1 Å². The maximum absolute atomic E-state index is 12.4. The Morgan fingerprint density at radius 2 is 1.49 bits per heavy atom. The van der Waals surface area contributed by atoms with Crippen molar-refractivity contribution in [3.63, 3.8) is 0 Å². The SMILES string of the molecule is CCCCCCCCCCCCNC(=O)C=Cc1ccc(-c2sc(-c3cccnc3)nc2-c2ccc(OCC(=O)OCC)cc2)cc1. The molecule has 2 heterocycles. The van der Waals surface area contributed by atoms with E-state index in [4.69, 9.17) is 14.5 Å². The molecule has 0 saturated carbocycles. The average molecular weight is 654 g/mol. The predicted octanol–water partition coefficient (Wildman–Crippen LogP) is 9.53. The molecule has 0 aliphatic heterocycles. The van der Waals surface area contributed by atoms with Gasteiger partial charge in [0.2, 0.25) is 5.91 Å². The average Bonchev–Trinajstić information content (AvgIpc) is 3.55. The molecular weight excluding hydrogens is 607 g/mol. The van der Waals surface area contributed by atoms with Crippen LogP contribution in [0.15, 0.2) is 79.1 Å². The number of esters is 1. The van der Waals surface area contributed by atoms with Crippen molar-refractivity contribution in [2.75, 3.05) is 19.8 Å². The zero-order valence-electron chi connectivity index (χ0n) is 27.7. The Morgan fingerprint density at radius 3 is 2.15 bits per heavy atom. The fourth-order valence-electron chi connectivity index (χ4n) is 5.18. The van der Waals surface area contributed by atoms with E-state index in [1.165, 1.54) is 51.4 Å². The van der Waals surface area contributed by atoms with Crippen LogP contribution in [0.5, 0.6) is 5.75 Å². The molecule has 2 aromatic heterocycles. The molecule has 47 heavy (non-hydrogen) atoms. The summed E-state index contributed by atoms with van der Waals surface area (Å²) in [5, 5.41) is 3.88. The molecular formula is C39H47N3O4S. The van der Waals surface area contributed by atoms with Gasteiger partial charge in [-0.1, -0.05) is 89.0 Å². The van der Waals surface area contributed by atoms with E-state index in [0.717, 1.165) is 50.7 Å². The van der Waals surface area contributed by atoms with E-state index in [9.17, 15) is 9.59 Å². The number of aromatic nitrogens is 2. The molecule has 0 aliphatic rings. The highest BCUT2D eigenvalue weighted by molar-refractivity contribution is 7.19. The van der Waals surface area contributed by atoms with Crippen LogP contribution in [0.1, 0.15) is 83.6 Å². The van der Waals surface area contributed by atoms with E-state index >= 15 is 0 Å².